The van der Waals surface area contributed by atoms with Crippen molar-refractivity contribution >= 4 is 29.4 Å². The summed E-state index contributed by atoms with van der Waals surface area (Å²) in [6, 6.07) is 3.17. The van der Waals surface area contributed by atoms with Gasteiger partial charge in [-0.2, -0.15) is 0 Å². The first kappa shape index (κ1) is 16.9. The van der Waals surface area contributed by atoms with Crippen LogP contribution < -0.4 is 0 Å². The van der Waals surface area contributed by atoms with Crippen molar-refractivity contribution in [2.75, 3.05) is 0 Å². The van der Waals surface area contributed by atoms with Gasteiger partial charge in [-0.25, -0.2) is 9.18 Å². The summed E-state index contributed by atoms with van der Waals surface area (Å²) in [7, 11) is 0. The largest absolute Gasteiger partial charge is 0.334 e. The molecular formula is C17H18ClFN2O3. The SMILES string of the molecule is C[C@H]1CCCC[C@H]1N1C(=O)C(=O)N(Cc2c(F)cccc2Cl)C1=O. The Labute approximate surface area is 144 Å². The second kappa shape index (κ2) is 6.51. The Bertz CT molecular complexity index is 689. The lowest BCUT2D eigenvalue weighted by Gasteiger charge is -2.34. The molecule has 3 rings (SSSR count). The number of carbonyl (C=O) groups excluding carboxylic acids is 3. The van der Waals surface area contributed by atoms with E-state index in [-0.39, 0.29) is 29.1 Å². The fourth-order valence-corrected chi connectivity index (χ4v) is 3.70. The van der Waals surface area contributed by atoms with Gasteiger partial charge < -0.3 is 0 Å². The summed E-state index contributed by atoms with van der Waals surface area (Å²) in [5, 5.41) is 0.118. The van der Waals surface area contributed by atoms with E-state index in [4.69, 9.17) is 11.6 Å². The first-order valence-corrected chi connectivity index (χ1v) is 8.41. The molecule has 1 saturated carbocycles. The summed E-state index contributed by atoms with van der Waals surface area (Å²) in [6.45, 7) is 1.64. The van der Waals surface area contributed by atoms with Crippen LogP contribution in [0.25, 0.3) is 0 Å². The maximum Gasteiger partial charge on any atom is 0.334 e. The van der Waals surface area contributed by atoms with Gasteiger partial charge >= 0.3 is 17.8 Å². The Kier molecular flexibility index (Phi) is 4.58. The van der Waals surface area contributed by atoms with Gasteiger partial charge in [-0.05, 0) is 30.9 Å². The molecule has 2 fully saturated rings. The normalized spacial score (nSPS) is 24.9. The second-order valence-corrected chi connectivity index (χ2v) is 6.79. The van der Waals surface area contributed by atoms with E-state index in [1.807, 2.05) is 6.92 Å². The van der Waals surface area contributed by atoms with Gasteiger partial charge in [-0.15, -0.1) is 0 Å². The molecule has 0 N–H and O–H groups in total. The zero-order valence-electron chi connectivity index (χ0n) is 13.3. The predicted molar refractivity (Wildman–Crippen MR) is 85.6 cm³/mol. The maximum absolute atomic E-state index is 13.9. The van der Waals surface area contributed by atoms with Crippen LogP contribution in [0.3, 0.4) is 0 Å². The summed E-state index contributed by atoms with van der Waals surface area (Å²) in [4.78, 5) is 39.1. The lowest BCUT2D eigenvalue weighted by molar-refractivity contribution is -0.144. The molecule has 2 atom stereocenters. The fourth-order valence-electron chi connectivity index (χ4n) is 3.48. The standard InChI is InChI=1S/C17H18ClFN2O3/c1-10-5-2-3-8-14(10)21-16(23)15(22)20(17(21)24)9-11-12(18)6-4-7-13(11)19/h4,6-7,10,14H,2-3,5,8-9H2,1H3/t10-,14+/m0/s1. The minimum absolute atomic E-state index is 0.0345. The molecular weight excluding hydrogens is 335 g/mol. The molecule has 2 aliphatic rings. The molecule has 1 heterocycles. The van der Waals surface area contributed by atoms with Gasteiger partial charge in [0.25, 0.3) is 0 Å². The van der Waals surface area contributed by atoms with Crippen LogP contribution in [0.4, 0.5) is 9.18 Å². The van der Waals surface area contributed by atoms with Crippen LogP contribution in [0.1, 0.15) is 38.2 Å². The van der Waals surface area contributed by atoms with Gasteiger partial charge in [0.2, 0.25) is 0 Å². The highest BCUT2D eigenvalue weighted by Gasteiger charge is 2.49. The van der Waals surface area contributed by atoms with E-state index in [0.29, 0.717) is 6.42 Å². The van der Waals surface area contributed by atoms with Crippen molar-refractivity contribution in [2.45, 2.75) is 45.2 Å². The van der Waals surface area contributed by atoms with Crippen LogP contribution in [0.15, 0.2) is 18.2 Å². The maximum atomic E-state index is 13.9. The van der Waals surface area contributed by atoms with Gasteiger partial charge in [0.1, 0.15) is 5.82 Å². The number of hydrogen-bond donors (Lipinski definition) is 0. The smallest absolute Gasteiger partial charge is 0.263 e. The predicted octanol–water partition coefficient (Wildman–Crippen LogP) is 3.35. The average Bonchev–Trinajstić information content (AvgIpc) is 2.75. The number of imide groups is 2. The molecule has 1 aromatic rings. The second-order valence-electron chi connectivity index (χ2n) is 6.38. The van der Waals surface area contributed by atoms with Crippen LogP contribution in [0.5, 0.6) is 0 Å². The third kappa shape index (κ3) is 2.79. The molecule has 4 amide bonds. The van der Waals surface area contributed by atoms with Crippen LogP contribution >= 0.6 is 11.6 Å². The lowest BCUT2D eigenvalue weighted by Crippen LogP contribution is -2.46. The van der Waals surface area contributed by atoms with E-state index in [2.05, 4.69) is 0 Å². The lowest BCUT2D eigenvalue weighted by atomic mass is 9.85. The third-order valence-electron chi connectivity index (χ3n) is 4.86. The Morgan fingerprint density at radius 1 is 1.17 bits per heavy atom. The first-order chi connectivity index (χ1) is 11.4. The van der Waals surface area contributed by atoms with Gasteiger partial charge in [0.05, 0.1) is 6.54 Å². The van der Waals surface area contributed by atoms with Crippen molar-refractivity contribution in [1.82, 2.24) is 9.80 Å². The highest BCUT2D eigenvalue weighted by Crippen LogP contribution is 2.32. The zero-order chi connectivity index (χ0) is 17.4. The Balaban J connectivity index is 1.87. The third-order valence-corrected chi connectivity index (χ3v) is 5.21. The van der Waals surface area contributed by atoms with Crippen molar-refractivity contribution in [3.05, 3.63) is 34.6 Å². The van der Waals surface area contributed by atoms with Gasteiger partial charge in [-0.3, -0.25) is 19.4 Å². The number of carbonyl (C=O) groups is 3. The Morgan fingerprint density at radius 3 is 2.54 bits per heavy atom. The van der Waals surface area contributed by atoms with Gasteiger partial charge in [0, 0.05) is 16.6 Å². The highest BCUT2D eigenvalue weighted by molar-refractivity contribution is 6.44. The molecule has 1 saturated heterocycles. The number of benzene rings is 1. The number of hydrogen-bond acceptors (Lipinski definition) is 3. The van der Waals surface area contributed by atoms with E-state index in [1.54, 1.807) is 0 Å². The van der Waals surface area contributed by atoms with E-state index in [1.165, 1.54) is 18.2 Å². The molecule has 0 radical (unpaired) electrons. The summed E-state index contributed by atoms with van der Waals surface area (Å²) in [6.07, 6.45) is 3.57. The monoisotopic (exact) mass is 352 g/mol. The Hall–Kier alpha value is -1.95. The van der Waals surface area contributed by atoms with Crippen LogP contribution in [-0.4, -0.2) is 33.7 Å². The number of halogens is 2. The van der Waals surface area contributed by atoms with Crippen molar-refractivity contribution in [3.8, 4) is 0 Å². The number of urea groups is 1. The molecule has 0 bridgehead atoms. The molecule has 0 aromatic heterocycles. The quantitative estimate of drug-likeness (QED) is 0.619. The summed E-state index contributed by atoms with van der Waals surface area (Å²) in [5.41, 5.74) is 0.0345. The molecule has 0 spiro atoms. The van der Waals surface area contributed by atoms with Crippen molar-refractivity contribution in [2.24, 2.45) is 5.92 Å². The molecule has 0 unspecified atom stereocenters. The van der Waals surface area contributed by atoms with Crippen LogP contribution in [0.2, 0.25) is 5.02 Å². The summed E-state index contributed by atoms with van der Waals surface area (Å²) < 4.78 is 13.9. The molecule has 1 aromatic carbocycles. The zero-order valence-corrected chi connectivity index (χ0v) is 14.1. The van der Waals surface area contributed by atoms with Gasteiger partial charge in [-0.1, -0.05) is 37.4 Å². The van der Waals surface area contributed by atoms with Crippen LogP contribution in [0, 0.1) is 11.7 Å². The van der Waals surface area contributed by atoms with Crippen molar-refractivity contribution < 1.29 is 18.8 Å². The molecule has 1 aliphatic heterocycles. The van der Waals surface area contributed by atoms with E-state index < -0.39 is 23.7 Å². The minimum Gasteiger partial charge on any atom is -0.263 e. The fraction of sp³-hybridized carbons (Fsp3) is 0.471. The molecule has 7 heteroatoms. The summed E-state index contributed by atoms with van der Waals surface area (Å²) in [5.74, 6) is -2.21. The number of rotatable bonds is 3. The van der Waals surface area contributed by atoms with Crippen LogP contribution in [-0.2, 0) is 16.1 Å². The first-order valence-electron chi connectivity index (χ1n) is 8.03. The van der Waals surface area contributed by atoms with Crippen molar-refractivity contribution in [3.63, 3.8) is 0 Å². The van der Waals surface area contributed by atoms with E-state index >= 15 is 0 Å². The van der Waals surface area contributed by atoms with Crippen molar-refractivity contribution in [1.29, 1.82) is 0 Å². The molecule has 5 nitrogen and oxygen atoms in total. The molecule has 24 heavy (non-hydrogen) atoms. The highest BCUT2D eigenvalue weighted by atomic mass is 35.5. The molecule has 128 valence electrons. The topological polar surface area (TPSA) is 57.7 Å². The number of nitrogens with zero attached hydrogens (tertiary/aromatic N) is 2. The Morgan fingerprint density at radius 2 is 1.88 bits per heavy atom. The van der Waals surface area contributed by atoms with E-state index in [0.717, 1.165) is 29.1 Å². The average molecular weight is 353 g/mol. The molecule has 1 aliphatic carbocycles. The summed E-state index contributed by atoms with van der Waals surface area (Å²) >= 11 is 5.96. The number of amides is 4. The van der Waals surface area contributed by atoms with Gasteiger partial charge in [0.15, 0.2) is 0 Å². The van der Waals surface area contributed by atoms with E-state index in [9.17, 15) is 18.8 Å². The minimum atomic E-state index is -0.919.